The fraction of sp³-hybridized carbons (Fsp3) is 0.929. The molecule has 3 aliphatic rings. The number of carbonyl (C=O) groups excluding carboxylic acids is 1. The van der Waals surface area contributed by atoms with Crippen molar-refractivity contribution in [1.82, 2.24) is 4.90 Å². The van der Waals surface area contributed by atoms with Gasteiger partial charge in [0.1, 0.15) is 4.75 Å². The maximum atomic E-state index is 12.4. The summed E-state index contributed by atoms with van der Waals surface area (Å²) in [4.78, 5) is 13.9. The summed E-state index contributed by atoms with van der Waals surface area (Å²) in [5.41, 5.74) is 0. The lowest BCUT2D eigenvalue weighted by molar-refractivity contribution is -0.139. The molecule has 2 aliphatic heterocycles. The van der Waals surface area contributed by atoms with Gasteiger partial charge in [-0.1, -0.05) is 6.92 Å². The Morgan fingerprint density at radius 1 is 1.40 bits per heavy atom. The third-order valence-corrected chi connectivity index (χ3v) is 7.88. The third kappa shape index (κ3) is 1.99. The molecule has 1 spiro atoms. The van der Waals surface area contributed by atoms with Gasteiger partial charge in [-0.15, -0.1) is 0 Å². The normalized spacial score (nSPS) is 36.9. The van der Waals surface area contributed by atoms with Crippen molar-refractivity contribution in [2.75, 3.05) is 32.1 Å². The molecular formula is C14H23NO4S. The molecule has 6 heteroatoms. The molecule has 3 rings (SSSR count). The number of hydrogen-bond donors (Lipinski definition) is 0. The zero-order valence-corrected chi connectivity index (χ0v) is 13.0. The number of carbonyl (C=O) groups is 1. The van der Waals surface area contributed by atoms with Gasteiger partial charge in [-0.2, -0.15) is 0 Å². The minimum atomic E-state index is -3.09. The monoisotopic (exact) mass is 301 g/mol. The van der Waals surface area contributed by atoms with Crippen molar-refractivity contribution in [3.63, 3.8) is 0 Å². The van der Waals surface area contributed by atoms with Crippen LogP contribution in [0.1, 0.15) is 26.7 Å². The summed E-state index contributed by atoms with van der Waals surface area (Å²) >= 11 is 0. The Morgan fingerprint density at radius 3 is 2.60 bits per heavy atom. The SMILES string of the molecule is CCOCC1CCS(=O)(=O)C12CN(C(=O)C1CC1C)C2. The van der Waals surface area contributed by atoms with Gasteiger partial charge in [0.25, 0.3) is 0 Å². The predicted molar refractivity (Wildman–Crippen MR) is 75.0 cm³/mol. The second-order valence-electron chi connectivity index (χ2n) is 6.54. The summed E-state index contributed by atoms with van der Waals surface area (Å²) in [6.07, 6.45) is 1.63. The van der Waals surface area contributed by atoms with Crippen molar-refractivity contribution in [2.45, 2.75) is 31.4 Å². The highest BCUT2D eigenvalue weighted by molar-refractivity contribution is 7.93. The molecule has 0 aromatic heterocycles. The lowest BCUT2D eigenvalue weighted by Crippen LogP contribution is -2.69. The fourth-order valence-electron chi connectivity index (χ4n) is 3.62. The van der Waals surface area contributed by atoms with Crippen LogP contribution in [0.25, 0.3) is 0 Å². The van der Waals surface area contributed by atoms with E-state index in [0.717, 1.165) is 6.42 Å². The molecule has 20 heavy (non-hydrogen) atoms. The standard InChI is InChI=1S/C14H23NO4S/c1-3-19-7-11-4-5-20(17,18)14(11)8-15(9-14)13(16)12-6-10(12)2/h10-12H,3-9H2,1-2H3. The van der Waals surface area contributed by atoms with Crippen LogP contribution in [-0.4, -0.2) is 56.0 Å². The molecule has 3 unspecified atom stereocenters. The van der Waals surface area contributed by atoms with Crippen LogP contribution < -0.4 is 0 Å². The van der Waals surface area contributed by atoms with Crippen LogP contribution in [0.3, 0.4) is 0 Å². The number of amides is 1. The van der Waals surface area contributed by atoms with Crippen LogP contribution in [0.2, 0.25) is 0 Å². The largest absolute Gasteiger partial charge is 0.381 e. The van der Waals surface area contributed by atoms with Gasteiger partial charge < -0.3 is 9.64 Å². The molecule has 2 saturated heterocycles. The molecule has 0 aromatic carbocycles. The van der Waals surface area contributed by atoms with Gasteiger partial charge in [-0.3, -0.25) is 4.79 Å². The second-order valence-corrected chi connectivity index (χ2v) is 8.99. The maximum absolute atomic E-state index is 12.4. The van der Waals surface area contributed by atoms with E-state index in [1.165, 1.54) is 0 Å². The van der Waals surface area contributed by atoms with Gasteiger partial charge in [-0.25, -0.2) is 8.42 Å². The summed E-state index contributed by atoms with van der Waals surface area (Å²) in [6, 6.07) is 0. The molecule has 0 N–H and O–H groups in total. The van der Waals surface area contributed by atoms with Crippen LogP contribution in [0.5, 0.6) is 0 Å². The van der Waals surface area contributed by atoms with Crippen LogP contribution in [0.4, 0.5) is 0 Å². The summed E-state index contributed by atoms with van der Waals surface area (Å²) in [6.45, 7) is 5.86. The van der Waals surface area contributed by atoms with Crippen molar-refractivity contribution in [3.8, 4) is 0 Å². The first kappa shape index (κ1) is 14.3. The zero-order chi connectivity index (χ0) is 14.5. The van der Waals surface area contributed by atoms with E-state index in [2.05, 4.69) is 6.92 Å². The molecule has 114 valence electrons. The predicted octanol–water partition coefficient (Wildman–Crippen LogP) is 0.695. The lowest BCUT2D eigenvalue weighted by Gasteiger charge is -2.50. The number of ether oxygens (including phenoxy) is 1. The second kappa shape index (κ2) is 4.70. The van der Waals surface area contributed by atoms with Gasteiger partial charge in [-0.05, 0) is 25.7 Å². The first-order valence-corrected chi connectivity index (χ1v) is 9.15. The van der Waals surface area contributed by atoms with Crippen LogP contribution in [-0.2, 0) is 19.4 Å². The molecule has 5 nitrogen and oxygen atoms in total. The van der Waals surface area contributed by atoms with Crippen molar-refractivity contribution >= 4 is 15.7 Å². The molecule has 0 aromatic rings. The van der Waals surface area contributed by atoms with Crippen molar-refractivity contribution in [3.05, 3.63) is 0 Å². The Hall–Kier alpha value is -0.620. The average molecular weight is 301 g/mol. The zero-order valence-electron chi connectivity index (χ0n) is 12.2. The van der Waals surface area contributed by atoms with Gasteiger partial charge >= 0.3 is 0 Å². The lowest BCUT2D eigenvalue weighted by atomic mass is 9.83. The number of nitrogens with zero attached hydrogens (tertiary/aromatic N) is 1. The highest BCUT2D eigenvalue weighted by Gasteiger charge is 2.63. The van der Waals surface area contributed by atoms with Crippen molar-refractivity contribution in [2.24, 2.45) is 17.8 Å². The average Bonchev–Trinajstić information content (AvgIpc) is 2.99. The smallest absolute Gasteiger partial charge is 0.226 e. The maximum Gasteiger partial charge on any atom is 0.226 e. The summed E-state index contributed by atoms with van der Waals surface area (Å²) in [7, 11) is -3.09. The summed E-state index contributed by atoms with van der Waals surface area (Å²) in [5, 5.41) is 0. The van der Waals surface area contributed by atoms with E-state index in [1.807, 2.05) is 6.92 Å². The van der Waals surface area contributed by atoms with E-state index >= 15 is 0 Å². The van der Waals surface area contributed by atoms with E-state index in [0.29, 0.717) is 38.6 Å². The van der Waals surface area contributed by atoms with E-state index in [-0.39, 0.29) is 23.5 Å². The summed E-state index contributed by atoms with van der Waals surface area (Å²) < 4.78 is 29.5. The third-order valence-electron chi connectivity index (χ3n) is 5.28. The van der Waals surface area contributed by atoms with E-state index in [1.54, 1.807) is 4.90 Å². The summed E-state index contributed by atoms with van der Waals surface area (Å²) in [5.74, 6) is 1.06. The Labute approximate surface area is 120 Å². The van der Waals surface area contributed by atoms with Crippen LogP contribution in [0, 0.1) is 17.8 Å². The van der Waals surface area contributed by atoms with Crippen LogP contribution >= 0.6 is 0 Å². The Balaban J connectivity index is 1.69. The Bertz CT molecular complexity index is 509. The first-order chi connectivity index (χ1) is 9.41. The molecule has 0 bridgehead atoms. The van der Waals surface area contributed by atoms with Gasteiger partial charge in [0.05, 0.1) is 12.4 Å². The van der Waals surface area contributed by atoms with E-state index in [9.17, 15) is 13.2 Å². The quantitative estimate of drug-likeness (QED) is 0.766. The number of rotatable bonds is 4. The fourth-order valence-corrected chi connectivity index (χ4v) is 6.02. The van der Waals surface area contributed by atoms with E-state index in [4.69, 9.17) is 4.74 Å². The minimum absolute atomic E-state index is 0.0492. The Morgan fingerprint density at radius 2 is 2.05 bits per heavy atom. The Kier molecular flexibility index (Phi) is 3.36. The molecule has 3 fully saturated rings. The highest BCUT2D eigenvalue weighted by atomic mass is 32.2. The topological polar surface area (TPSA) is 63.7 Å². The number of hydrogen-bond acceptors (Lipinski definition) is 4. The molecule has 1 aliphatic carbocycles. The number of sulfone groups is 1. The van der Waals surface area contributed by atoms with Crippen LogP contribution in [0.15, 0.2) is 0 Å². The number of likely N-dealkylation sites (tertiary alicyclic amines) is 1. The van der Waals surface area contributed by atoms with E-state index < -0.39 is 14.6 Å². The molecule has 1 saturated carbocycles. The molecule has 1 amide bonds. The molecular weight excluding hydrogens is 278 g/mol. The highest BCUT2D eigenvalue weighted by Crippen LogP contribution is 2.47. The van der Waals surface area contributed by atoms with Gasteiger partial charge in [0.15, 0.2) is 9.84 Å². The van der Waals surface area contributed by atoms with Gasteiger partial charge in [0.2, 0.25) is 5.91 Å². The molecule has 2 heterocycles. The van der Waals surface area contributed by atoms with Crippen molar-refractivity contribution in [1.29, 1.82) is 0 Å². The molecule has 3 atom stereocenters. The first-order valence-electron chi connectivity index (χ1n) is 7.50. The minimum Gasteiger partial charge on any atom is -0.381 e. The molecule has 0 radical (unpaired) electrons. The van der Waals surface area contributed by atoms with Gasteiger partial charge in [0, 0.05) is 31.5 Å². The van der Waals surface area contributed by atoms with Crippen molar-refractivity contribution < 1.29 is 17.9 Å².